The van der Waals surface area contributed by atoms with E-state index in [1.165, 1.54) is 7.11 Å². The fourth-order valence-corrected chi connectivity index (χ4v) is 2.68. The Morgan fingerprint density at radius 2 is 2.24 bits per heavy atom. The molecule has 0 saturated carbocycles. The van der Waals surface area contributed by atoms with Crippen molar-refractivity contribution in [2.24, 2.45) is 0 Å². The second-order valence-corrected chi connectivity index (χ2v) is 5.59. The van der Waals surface area contributed by atoms with E-state index in [4.69, 9.17) is 4.74 Å². The molecule has 1 saturated heterocycles. The molecule has 0 aromatic heterocycles. The van der Waals surface area contributed by atoms with Gasteiger partial charge in [0.1, 0.15) is 11.8 Å². The van der Waals surface area contributed by atoms with Gasteiger partial charge in [-0.2, -0.15) is 0 Å². The monoisotopic (exact) mass is 355 g/mol. The largest absolute Gasteiger partial charge is 0.496 e. The predicted octanol–water partition coefficient (Wildman–Crippen LogP) is 0.618. The Morgan fingerprint density at radius 1 is 1.48 bits per heavy atom. The number of nitrogens with one attached hydrogen (secondary N) is 2. The number of nitrogens with zero attached hydrogens (tertiary/aromatic N) is 1. The summed E-state index contributed by atoms with van der Waals surface area (Å²) >= 11 is 3.35. The van der Waals surface area contributed by atoms with Gasteiger partial charge in [-0.1, -0.05) is 15.9 Å². The Hall–Kier alpha value is -1.60. The summed E-state index contributed by atoms with van der Waals surface area (Å²) in [6, 6.07) is 4.72. The van der Waals surface area contributed by atoms with E-state index in [2.05, 4.69) is 26.6 Å². The summed E-state index contributed by atoms with van der Waals surface area (Å²) in [6.07, 6.45) is 0. The molecule has 0 spiro atoms. The van der Waals surface area contributed by atoms with Crippen LogP contribution in [0.25, 0.3) is 0 Å². The highest BCUT2D eigenvalue weighted by molar-refractivity contribution is 9.10. The first kappa shape index (κ1) is 15.8. The maximum atomic E-state index is 12.7. The van der Waals surface area contributed by atoms with E-state index in [0.29, 0.717) is 30.9 Å². The Labute approximate surface area is 132 Å². The number of halogens is 1. The van der Waals surface area contributed by atoms with E-state index < -0.39 is 6.04 Å². The highest BCUT2D eigenvalue weighted by atomic mass is 79.9. The molecule has 2 N–H and O–H groups in total. The maximum Gasteiger partial charge on any atom is 0.258 e. The van der Waals surface area contributed by atoms with Crippen LogP contribution in [0.2, 0.25) is 0 Å². The van der Waals surface area contributed by atoms with Crippen molar-refractivity contribution in [3.8, 4) is 5.75 Å². The van der Waals surface area contributed by atoms with E-state index in [-0.39, 0.29) is 11.8 Å². The lowest BCUT2D eigenvalue weighted by Gasteiger charge is -2.35. The second-order valence-electron chi connectivity index (χ2n) is 4.68. The van der Waals surface area contributed by atoms with Crippen molar-refractivity contribution in [3.05, 3.63) is 28.2 Å². The number of carbonyl (C=O) groups is 2. The topological polar surface area (TPSA) is 70.7 Å². The molecule has 1 aliphatic rings. The minimum Gasteiger partial charge on any atom is -0.496 e. The van der Waals surface area contributed by atoms with Gasteiger partial charge in [-0.3, -0.25) is 9.59 Å². The molecule has 6 nitrogen and oxygen atoms in total. The Balaban J connectivity index is 2.31. The van der Waals surface area contributed by atoms with Gasteiger partial charge < -0.3 is 20.3 Å². The number of carbonyl (C=O) groups excluding carboxylic acids is 2. The maximum absolute atomic E-state index is 12.7. The van der Waals surface area contributed by atoms with E-state index in [9.17, 15) is 9.59 Å². The number of ether oxygens (including phenoxy) is 1. The predicted molar refractivity (Wildman–Crippen MR) is 82.5 cm³/mol. The minimum absolute atomic E-state index is 0.174. The number of piperazine rings is 1. The minimum atomic E-state index is -0.510. The van der Waals surface area contributed by atoms with Crippen LogP contribution >= 0.6 is 15.9 Å². The van der Waals surface area contributed by atoms with Crippen molar-refractivity contribution in [3.63, 3.8) is 0 Å². The summed E-state index contributed by atoms with van der Waals surface area (Å²) in [5, 5.41) is 5.73. The van der Waals surface area contributed by atoms with Crippen LogP contribution in [0.15, 0.2) is 22.7 Å². The molecule has 1 unspecified atom stereocenters. The van der Waals surface area contributed by atoms with Gasteiger partial charge >= 0.3 is 0 Å². The Kier molecular flexibility index (Phi) is 5.19. The Bertz CT molecular complexity index is 550. The average molecular weight is 356 g/mol. The molecule has 0 radical (unpaired) electrons. The first-order valence-electron chi connectivity index (χ1n) is 6.65. The fourth-order valence-electron chi connectivity index (χ4n) is 2.34. The fraction of sp³-hybridized carbons (Fsp3) is 0.429. The van der Waals surface area contributed by atoms with Crippen LogP contribution in [0.4, 0.5) is 0 Å². The first-order chi connectivity index (χ1) is 10.1. The number of hydrogen-bond donors (Lipinski definition) is 2. The lowest BCUT2D eigenvalue weighted by molar-refractivity contribution is -0.125. The van der Waals surface area contributed by atoms with Gasteiger partial charge in [0.15, 0.2) is 0 Å². The highest BCUT2D eigenvalue weighted by Gasteiger charge is 2.33. The third-order valence-corrected chi connectivity index (χ3v) is 3.94. The summed E-state index contributed by atoms with van der Waals surface area (Å²) in [7, 11) is 3.09. The number of likely N-dealkylation sites (N-methyl/N-ethyl adjacent to an activating group) is 1. The summed E-state index contributed by atoms with van der Waals surface area (Å²) in [5.41, 5.74) is 0.455. The SMILES string of the molecule is CNC(=O)C1CNCCN1C(=O)c1ccc(Br)cc1OC. The van der Waals surface area contributed by atoms with Gasteiger partial charge in [-0.25, -0.2) is 0 Å². The Morgan fingerprint density at radius 3 is 2.90 bits per heavy atom. The molecule has 2 rings (SSSR count). The standard InChI is InChI=1S/C14H18BrN3O3/c1-16-13(19)11-8-17-5-6-18(11)14(20)10-4-3-9(15)7-12(10)21-2/h3-4,7,11,17H,5-6,8H2,1-2H3,(H,16,19). The van der Waals surface area contributed by atoms with Crippen LogP contribution in [0.1, 0.15) is 10.4 Å². The van der Waals surface area contributed by atoms with Crippen LogP contribution < -0.4 is 15.4 Å². The van der Waals surface area contributed by atoms with Gasteiger partial charge in [0.05, 0.1) is 12.7 Å². The smallest absolute Gasteiger partial charge is 0.258 e. The lowest BCUT2D eigenvalue weighted by Crippen LogP contribution is -2.59. The van der Waals surface area contributed by atoms with Gasteiger partial charge in [0.25, 0.3) is 5.91 Å². The molecule has 1 aromatic carbocycles. The van der Waals surface area contributed by atoms with Gasteiger partial charge in [0, 0.05) is 31.2 Å². The third kappa shape index (κ3) is 3.36. The molecule has 114 valence electrons. The van der Waals surface area contributed by atoms with Crippen molar-refractivity contribution in [2.45, 2.75) is 6.04 Å². The van der Waals surface area contributed by atoms with Crippen LogP contribution in [0.3, 0.4) is 0 Å². The van der Waals surface area contributed by atoms with Crippen LogP contribution in [0, 0.1) is 0 Å². The number of amides is 2. The van der Waals surface area contributed by atoms with Crippen molar-refractivity contribution in [1.29, 1.82) is 0 Å². The quantitative estimate of drug-likeness (QED) is 0.833. The van der Waals surface area contributed by atoms with Gasteiger partial charge in [0.2, 0.25) is 5.91 Å². The van der Waals surface area contributed by atoms with E-state index >= 15 is 0 Å². The highest BCUT2D eigenvalue weighted by Crippen LogP contribution is 2.25. The van der Waals surface area contributed by atoms with E-state index in [0.717, 1.165) is 4.47 Å². The van der Waals surface area contributed by atoms with Crippen molar-refractivity contribution in [2.75, 3.05) is 33.8 Å². The number of hydrogen-bond acceptors (Lipinski definition) is 4. The lowest BCUT2D eigenvalue weighted by atomic mass is 10.1. The molecule has 0 aliphatic carbocycles. The zero-order chi connectivity index (χ0) is 15.4. The second kappa shape index (κ2) is 6.91. The summed E-state index contributed by atoms with van der Waals surface area (Å²) < 4.78 is 6.10. The molecule has 2 amide bonds. The first-order valence-corrected chi connectivity index (χ1v) is 7.44. The van der Waals surface area contributed by atoms with E-state index in [1.54, 1.807) is 30.1 Å². The van der Waals surface area contributed by atoms with Crippen molar-refractivity contribution < 1.29 is 14.3 Å². The number of methoxy groups -OCH3 is 1. The molecule has 21 heavy (non-hydrogen) atoms. The normalized spacial score (nSPS) is 18.2. The molecular formula is C14H18BrN3O3. The molecule has 7 heteroatoms. The molecular weight excluding hydrogens is 338 g/mol. The molecule has 1 heterocycles. The molecule has 1 fully saturated rings. The molecule has 1 atom stereocenters. The van der Waals surface area contributed by atoms with Crippen LogP contribution in [-0.4, -0.2) is 56.5 Å². The molecule has 1 aliphatic heterocycles. The molecule has 0 bridgehead atoms. The molecule has 1 aromatic rings. The van der Waals surface area contributed by atoms with Gasteiger partial charge in [-0.15, -0.1) is 0 Å². The van der Waals surface area contributed by atoms with Crippen molar-refractivity contribution in [1.82, 2.24) is 15.5 Å². The average Bonchev–Trinajstić information content (AvgIpc) is 2.53. The van der Waals surface area contributed by atoms with Crippen LogP contribution in [0.5, 0.6) is 5.75 Å². The third-order valence-electron chi connectivity index (χ3n) is 3.45. The zero-order valence-electron chi connectivity index (χ0n) is 12.0. The van der Waals surface area contributed by atoms with Crippen LogP contribution in [-0.2, 0) is 4.79 Å². The number of benzene rings is 1. The van der Waals surface area contributed by atoms with E-state index in [1.807, 2.05) is 0 Å². The zero-order valence-corrected chi connectivity index (χ0v) is 13.6. The van der Waals surface area contributed by atoms with Crippen molar-refractivity contribution >= 4 is 27.7 Å². The van der Waals surface area contributed by atoms with Gasteiger partial charge in [-0.05, 0) is 18.2 Å². The summed E-state index contributed by atoms with van der Waals surface area (Å²) in [5.74, 6) is 0.115. The number of rotatable bonds is 3. The summed E-state index contributed by atoms with van der Waals surface area (Å²) in [4.78, 5) is 26.3. The summed E-state index contributed by atoms with van der Waals surface area (Å²) in [6.45, 7) is 1.60.